The molecule has 0 atom stereocenters. The van der Waals surface area contributed by atoms with E-state index >= 15 is 0 Å². The van der Waals surface area contributed by atoms with Gasteiger partial charge in [0.1, 0.15) is 0 Å². The summed E-state index contributed by atoms with van der Waals surface area (Å²) in [5.41, 5.74) is 1.03. The number of hydrogen-bond donors (Lipinski definition) is 0. The highest BCUT2D eigenvalue weighted by Crippen LogP contribution is 2.42. The molecule has 1 aliphatic carbocycles. The molecule has 0 unspecified atom stereocenters. The van der Waals surface area contributed by atoms with Gasteiger partial charge in [-0.2, -0.15) is 0 Å². The van der Waals surface area contributed by atoms with Gasteiger partial charge in [-0.15, -0.1) is 0 Å². The number of piperidine rings is 1. The first-order valence-corrected chi connectivity index (χ1v) is 11.9. The Morgan fingerprint density at radius 3 is 1.75 bits per heavy atom. The maximum absolute atomic E-state index is 6.09. The maximum atomic E-state index is 6.09. The lowest BCUT2D eigenvalue weighted by Gasteiger charge is -2.62. The molecule has 0 aromatic heterocycles. The summed E-state index contributed by atoms with van der Waals surface area (Å²) in [5, 5.41) is 0. The summed E-state index contributed by atoms with van der Waals surface area (Å²) >= 11 is 0. The van der Waals surface area contributed by atoms with Crippen molar-refractivity contribution in [2.75, 3.05) is 52.4 Å². The van der Waals surface area contributed by atoms with Crippen molar-refractivity contribution in [1.29, 1.82) is 0 Å². The third kappa shape index (κ3) is 4.94. The van der Waals surface area contributed by atoms with Crippen LogP contribution in [0.4, 0.5) is 0 Å². The van der Waals surface area contributed by atoms with E-state index in [4.69, 9.17) is 4.74 Å². The third-order valence-electron chi connectivity index (χ3n) is 7.54. The molecular weight excluding hydrogens is 346 g/mol. The second-order valence-electron chi connectivity index (χ2n) is 12.6. The standard InChI is InChI=1S/C24H45N3O/c1-22(2,3)27-9-7-19(8-10-27)13-25-15-24(16-25)17-26(18-24)14-20-11-21(12-20)28-23(4,5)6/h19-21H,7-18H2,1-6H3/t20-,21-. The molecule has 1 saturated carbocycles. The Hall–Kier alpha value is -0.160. The summed E-state index contributed by atoms with van der Waals surface area (Å²) in [5.74, 6) is 1.82. The molecule has 3 heterocycles. The van der Waals surface area contributed by atoms with Gasteiger partial charge in [0.2, 0.25) is 0 Å². The molecular formula is C24H45N3O. The summed E-state index contributed by atoms with van der Waals surface area (Å²) in [6, 6.07) is 0. The highest BCUT2D eigenvalue weighted by Gasteiger charge is 2.52. The molecule has 0 aromatic carbocycles. The normalized spacial score (nSPS) is 32.8. The van der Waals surface area contributed by atoms with Crippen LogP contribution in [-0.2, 0) is 4.74 Å². The van der Waals surface area contributed by atoms with Gasteiger partial charge in [-0.05, 0) is 92.2 Å². The van der Waals surface area contributed by atoms with E-state index in [1.165, 1.54) is 78.0 Å². The van der Waals surface area contributed by atoms with Crippen molar-refractivity contribution in [1.82, 2.24) is 14.7 Å². The third-order valence-corrected chi connectivity index (χ3v) is 7.54. The fourth-order valence-electron chi connectivity index (χ4n) is 6.20. The van der Waals surface area contributed by atoms with E-state index in [0.29, 0.717) is 17.1 Å². The predicted octanol–water partition coefficient (Wildman–Crippen LogP) is 3.71. The zero-order chi connectivity index (χ0) is 20.2. The number of ether oxygens (including phenoxy) is 1. The zero-order valence-corrected chi connectivity index (χ0v) is 19.5. The Morgan fingerprint density at radius 2 is 1.29 bits per heavy atom. The van der Waals surface area contributed by atoms with Crippen molar-refractivity contribution >= 4 is 0 Å². The van der Waals surface area contributed by atoms with Crippen molar-refractivity contribution in [3.8, 4) is 0 Å². The monoisotopic (exact) mass is 391 g/mol. The van der Waals surface area contributed by atoms with Crippen LogP contribution in [0.15, 0.2) is 0 Å². The predicted molar refractivity (Wildman–Crippen MR) is 117 cm³/mol. The van der Waals surface area contributed by atoms with Gasteiger partial charge < -0.3 is 14.5 Å². The Bertz CT molecular complexity index is 521. The topological polar surface area (TPSA) is 19.0 Å². The molecule has 4 heteroatoms. The Morgan fingerprint density at radius 1 is 0.786 bits per heavy atom. The lowest BCUT2D eigenvalue weighted by atomic mass is 9.71. The Kier molecular flexibility index (Phi) is 5.66. The van der Waals surface area contributed by atoms with Crippen LogP contribution in [0.3, 0.4) is 0 Å². The highest BCUT2D eigenvalue weighted by atomic mass is 16.5. The van der Waals surface area contributed by atoms with Gasteiger partial charge in [0, 0.05) is 50.2 Å². The van der Waals surface area contributed by atoms with Crippen molar-refractivity contribution in [2.45, 2.75) is 84.5 Å². The van der Waals surface area contributed by atoms with E-state index in [-0.39, 0.29) is 5.60 Å². The number of nitrogens with zero attached hydrogens (tertiary/aromatic N) is 3. The number of likely N-dealkylation sites (tertiary alicyclic amines) is 3. The fraction of sp³-hybridized carbons (Fsp3) is 1.00. The molecule has 4 aliphatic rings. The summed E-state index contributed by atoms with van der Waals surface area (Å²) < 4.78 is 6.09. The number of rotatable bonds is 5. The van der Waals surface area contributed by atoms with E-state index < -0.39 is 0 Å². The summed E-state index contributed by atoms with van der Waals surface area (Å²) in [4.78, 5) is 8.14. The molecule has 3 saturated heterocycles. The van der Waals surface area contributed by atoms with Gasteiger partial charge in [-0.25, -0.2) is 0 Å². The van der Waals surface area contributed by atoms with E-state index in [2.05, 4.69) is 56.2 Å². The van der Waals surface area contributed by atoms with Crippen LogP contribution in [0.25, 0.3) is 0 Å². The second kappa shape index (κ2) is 7.51. The largest absolute Gasteiger partial charge is 0.373 e. The molecule has 0 N–H and O–H groups in total. The van der Waals surface area contributed by atoms with Gasteiger partial charge in [0.15, 0.2) is 0 Å². The van der Waals surface area contributed by atoms with Gasteiger partial charge in [0.05, 0.1) is 11.7 Å². The first kappa shape index (κ1) is 21.1. The van der Waals surface area contributed by atoms with Crippen LogP contribution in [0.5, 0.6) is 0 Å². The van der Waals surface area contributed by atoms with Gasteiger partial charge in [0.25, 0.3) is 0 Å². The molecule has 28 heavy (non-hydrogen) atoms. The van der Waals surface area contributed by atoms with Gasteiger partial charge in [-0.1, -0.05) is 0 Å². The first-order valence-electron chi connectivity index (χ1n) is 11.9. The van der Waals surface area contributed by atoms with E-state index in [1.807, 2.05) is 0 Å². The zero-order valence-electron chi connectivity index (χ0n) is 19.5. The summed E-state index contributed by atoms with van der Waals surface area (Å²) in [6.07, 6.45) is 5.86. The SMILES string of the molecule is CC(C)(C)O[C@H]1C[C@H](CN2CC3(CN(CC4CCN(C(C)(C)C)CC4)C3)C2)C1. The van der Waals surface area contributed by atoms with Gasteiger partial charge in [-0.3, -0.25) is 4.90 Å². The molecule has 0 amide bonds. The lowest BCUT2D eigenvalue weighted by molar-refractivity contribution is -0.146. The molecule has 4 fully saturated rings. The maximum Gasteiger partial charge on any atom is 0.0602 e. The van der Waals surface area contributed by atoms with E-state index in [0.717, 1.165) is 11.8 Å². The van der Waals surface area contributed by atoms with Crippen molar-refractivity contribution in [3.05, 3.63) is 0 Å². The molecule has 0 radical (unpaired) electrons. The fourth-order valence-corrected chi connectivity index (χ4v) is 6.20. The minimum atomic E-state index is 0.0230. The van der Waals surface area contributed by atoms with E-state index in [1.54, 1.807) is 0 Å². The van der Waals surface area contributed by atoms with Crippen LogP contribution in [-0.4, -0.2) is 84.3 Å². The van der Waals surface area contributed by atoms with Crippen LogP contribution < -0.4 is 0 Å². The number of hydrogen-bond acceptors (Lipinski definition) is 4. The minimum Gasteiger partial charge on any atom is -0.373 e. The minimum absolute atomic E-state index is 0.0230. The average molecular weight is 392 g/mol. The highest BCUT2D eigenvalue weighted by molar-refractivity contribution is 5.06. The lowest BCUT2D eigenvalue weighted by Crippen LogP contribution is -2.73. The molecule has 0 aromatic rings. The molecule has 162 valence electrons. The molecule has 4 rings (SSSR count). The summed E-state index contributed by atoms with van der Waals surface area (Å²) in [7, 11) is 0. The van der Waals surface area contributed by atoms with Crippen LogP contribution in [0.1, 0.15) is 67.2 Å². The van der Waals surface area contributed by atoms with Crippen molar-refractivity contribution in [2.24, 2.45) is 17.3 Å². The van der Waals surface area contributed by atoms with Crippen molar-refractivity contribution < 1.29 is 4.74 Å². The quantitative estimate of drug-likeness (QED) is 0.711. The second-order valence-corrected chi connectivity index (χ2v) is 12.6. The smallest absolute Gasteiger partial charge is 0.0602 e. The Balaban J connectivity index is 1.07. The average Bonchev–Trinajstić information content (AvgIpc) is 2.46. The summed E-state index contributed by atoms with van der Waals surface area (Å²) in [6.45, 7) is 24.3. The van der Waals surface area contributed by atoms with E-state index in [9.17, 15) is 0 Å². The Labute approximate surface area is 174 Å². The van der Waals surface area contributed by atoms with Crippen LogP contribution in [0, 0.1) is 17.3 Å². The molecule has 1 spiro atoms. The van der Waals surface area contributed by atoms with Crippen LogP contribution in [0.2, 0.25) is 0 Å². The molecule has 0 bridgehead atoms. The van der Waals surface area contributed by atoms with Crippen LogP contribution >= 0.6 is 0 Å². The van der Waals surface area contributed by atoms with Crippen molar-refractivity contribution in [3.63, 3.8) is 0 Å². The van der Waals surface area contributed by atoms with Gasteiger partial charge >= 0.3 is 0 Å². The molecule has 4 nitrogen and oxygen atoms in total. The first-order chi connectivity index (χ1) is 13.0. The molecule has 3 aliphatic heterocycles.